The summed E-state index contributed by atoms with van der Waals surface area (Å²) in [7, 11) is 0. The molecule has 4 rings (SSSR count). The molecule has 3 heteroatoms. The van der Waals surface area contributed by atoms with E-state index in [2.05, 4.69) is 17.5 Å². The van der Waals surface area contributed by atoms with E-state index in [1.165, 1.54) is 28.0 Å². The van der Waals surface area contributed by atoms with Gasteiger partial charge >= 0.3 is 0 Å². The minimum absolute atomic E-state index is 0.353. The number of hydrogen-bond donors (Lipinski definition) is 2. The van der Waals surface area contributed by atoms with Gasteiger partial charge in [0.25, 0.3) is 0 Å². The number of hydrogen-bond acceptors (Lipinski definition) is 3. The first-order valence-corrected chi connectivity index (χ1v) is 7.29. The van der Waals surface area contributed by atoms with Gasteiger partial charge < -0.3 is 10.4 Å². The van der Waals surface area contributed by atoms with Gasteiger partial charge in [0.15, 0.2) is 0 Å². The molecule has 1 aromatic heterocycles. The van der Waals surface area contributed by atoms with E-state index < -0.39 is 0 Å². The Hall–Kier alpha value is -1.32. The molecule has 0 aliphatic carbocycles. The number of thiophene rings is 1. The van der Waals surface area contributed by atoms with E-state index in [0.717, 1.165) is 11.8 Å². The Morgan fingerprint density at radius 2 is 2.17 bits per heavy atom. The zero-order chi connectivity index (χ0) is 12.1. The molecule has 2 nitrogen and oxygen atoms in total. The molecule has 2 aliphatic rings. The lowest BCUT2D eigenvalue weighted by Gasteiger charge is -2.20. The molecule has 1 aromatic carbocycles. The van der Waals surface area contributed by atoms with Crippen molar-refractivity contribution in [3.05, 3.63) is 35.2 Å². The summed E-state index contributed by atoms with van der Waals surface area (Å²) in [5.74, 6) is 0.353. The van der Waals surface area contributed by atoms with Crippen molar-refractivity contribution in [3.8, 4) is 5.75 Å². The van der Waals surface area contributed by atoms with Crippen molar-refractivity contribution in [3.63, 3.8) is 0 Å². The lowest BCUT2D eigenvalue weighted by molar-refractivity contribution is 0.476. The lowest BCUT2D eigenvalue weighted by atomic mass is 10.0. The van der Waals surface area contributed by atoms with Gasteiger partial charge in [-0.05, 0) is 54.5 Å². The first-order valence-electron chi connectivity index (χ1n) is 6.47. The predicted octanol–water partition coefficient (Wildman–Crippen LogP) is 3.51. The van der Waals surface area contributed by atoms with Gasteiger partial charge in [0, 0.05) is 21.7 Å². The van der Waals surface area contributed by atoms with Crippen molar-refractivity contribution in [1.29, 1.82) is 0 Å². The van der Waals surface area contributed by atoms with Gasteiger partial charge in [-0.1, -0.05) is 6.08 Å². The fourth-order valence-electron chi connectivity index (χ4n) is 3.09. The van der Waals surface area contributed by atoms with E-state index in [1.54, 1.807) is 6.07 Å². The maximum Gasteiger partial charge on any atom is 0.116 e. The maximum absolute atomic E-state index is 9.52. The summed E-state index contributed by atoms with van der Waals surface area (Å²) in [5.41, 5.74) is 1.49. The lowest BCUT2D eigenvalue weighted by Crippen LogP contribution is -2.31. The predicted molar refractivity (Wildman–Crippen MR) is 76.0 cm³/mol. The number of phenolic OH excluding ortho intramolecular Hbond substituents is 1. The Balaban J connectivity index is 1.78. The highest BCUT2D eigenvalue weighted by Crippen LogP contribution is 2.38. The summed E-state index contributed by atoms with van der Waals surface area (Å²) in [6, 6.07) is 9.10. The maximum atomic E-state index is 9.52. The summed E-state index contributed by atoms with van der Waals surface area (Å²) >= 11 is 1.84. The quantitative estimate of drug-likeness (QED) is 0.819. The molecule has 0 spiro atoms. The van der Waals surface area contributed by atoms with Crippen LogP contribution in [0.2, 0.25) is 0 Å². The van der Waals surface area contributed by atoms with Crippen LogP contribution >= 0.6 is 11.3 Å². The minimum Gasteiger partial charge on any atom is -0.508 e. The van der Waals surface area contributed by atoms with Gasteiger partial charge in [0.2, 0.25) is 0 Å². The Morgan fingerprint density at radius 1 is 1.22 bits per heavy atom. The van der Waals surface area contributed by atoms with Crippen LogP contribution in [0.15, 0.2) is 30.3 Å². The summed E-state index contributed by atoms with van der Waals surface area (Å²) in [6.45, 7) is 0. The van der Waals surface area contributed by atoms with E-state index in [-0.39, 0.29) is 0 Å². The summed E-state index contributed by atoms with van der Waals surface area (Å²) < 4.78 is 1.26. The largest absolute Gasteiger partial charge is 0.508 e. The Bertz CT molecular complexity index is 643. The monoisotopic (exact) mass is 257 g/mol. The van der Waals surface area contributed by atoms with E-state index in [1.807, 2.05) is 23.5 Å². The second-order valence-electron chi connectivity index (χ2n) is 5.28. The molecule has 2 N–H and O–H groups in total. The molecule has 18 heavy (non-hydrogen) atoms. The van der Waals surface area contributed by atoms with Crippen LogP contribution in [0.4, 0.5) is 0 Å². The van der Waals surface area contributed by atoms with Crippen LogP contribution < -0.4 is 5.32 Å². The number of rotatable bonds is 1. The van der Waals surface area contributed by atoms with Crippen LogP contribution in [-0.2, 0) is 0 Å². The fourth-order valence-corrected chi connectivity index (χ4v) is 4.17. The van der Waals surface area contributed by atoms with E-state index >= 15 is 0 Å². The van der Waals surface area contributed by atoms with Crippen LogP contribution in [-0.4, -0.2) is 17.2 Å². The molecule has 0 amide bonds. The highest BCUT2D eigenvalue weighted by Gasteiger charge is 2.28. The second kappa shape index (κ2) is 3.84. The SMILES string of the molecule is Oc1ccc2sc(C3=CC4CCC(C3)N4)cc2c1. The van der Waals surface area contributed by atoms with E-state index in [0.29, 0.717) is 17.8 Å². The van der Waals surface area contributed by atoms with Crippen molar-refractivity contribution in [2.24, 2.45) is 0 Å². The van der Waals surface area contributed by atoms with Crippen molar-refractivity contribution >= 4 is 27.0 Å². The molecule has 0 saturated carbocycles. The molecule has 2 bridgehead atoms. The molecule has 1 saturated heterocycles. The third-order valence-corrected chi connectivity index (χ3v) is 5.15. The normalized spacial score (nSPS) is 26.6. The number of nitrogens with one attached hydrogen (secondary N) is 1. The van der Waals surface area contributed by atoms with Gasteiger partial charge in [0.1, 0.15) is 5.75 Å². The molecule has 1 fully saturated rings. The summed E-state index contributed by atoms with van der Waals surface area (Å²) in [5, 5.41) is 14.3. The Labute approximate surface area is 110 Å². The van der Waals surface area contributed by atoms with Crippen molar-refractivity contribution in [2.45, 2.75) is 31.3 Å². The van der Waals surface area contributed by atoms with Crippen LogP contribution in [0.5, 0.6) is 5.75 Å². The number of phenols is 1. The zero-order valence-electron chi connectivity index (χ0n) is 10.0. The molecule has 2 unspecified atom stereocenters. The Kier molecular flexibility index (Phi) is 2.26. The van der Waals surface area contributed by atoms with Crippen LogP contribution in [0.25, 0.3) is 15.7 Å². The van der Waals surface area contributed by atoms with Crippen molar-refractivity contribution < 1.29 is 5.11 Å². The topological polar surface area (TPSA) is 32.3 Å². The van der Waals surface area contributed by atoms with Gasteiger partial charge in [-0.2, -0.15) is 0 Å². The highest BCUT2D eigenvalue weighted by molar-refractivity contribution is 7.20. The van der Waals surface area contributed by atoms with Crippen molar-refractivity contribution in [2.75, 3.05) is 0 Å². The third kappa shape index (κ3) is 1.66. The van der Waals surface area contributed by atoms with Crippen LogP contribution in [0, 0.1) is 0 Å². The molecular weight excluding hydrogens is 242 g/mol. The molecule has 0 radical (unpaired) electrons. The van der Waals surface area contributed by atoms with Crippen LogP contribution in [0.1, 0.15) is 24.1 Å². The fraction of sp³-hybridized carbons (Fsp3) is 0.333. The smallest absolute Gasteiger partial charge is 0.116 e. The van der Waals surface area contributed by atoms with E-state index in [9.17, 15) is 5.11 Å². The molecule has 92 valence electrons. The average Bonchev–Trinajstić information content (AvgIpc) is 2.92. The van der Waals surface area contributed by atoms with Crippen LogP contribution in [0.3, 0.4) is 0 Å². The molecular formula is C15H15NOS. The Morgan fingerprint density at radius 3 is 3.06 bits per heavy atom. The molecule has 3 heterocycles. The van der Waals surface area contributed by atoms with Crippen molar-refractivity contribution in [1.82, 2.24) is 5.32 Å². The van der Waals surface area contributed by atoms with Gasteiger partial charge in [-0.25, -0.2) is 0 Å². The average molecular weight is 257 g/mol. The molecule has 2 aliphatic heterocycles. The number of aromatic hydroxyl groups is 1. The summed E-state index contributed by atoms with van der Waals surface area (Å²) in [6.07, 6.45) is 6.12. The number of fused-ring (bicyclic) bond motifs is 3. The summed E-state index contributed by atoms with van der Waals surface area (Å²) in [4.78, 5) is 1.37. The van der Waals surface area contributed by atoms with Gasteiger partial charge in [-0.3, -0.25) is 0 Å². The second-order valence-corrected chi connectivity index (χ2v) is 6.36. The van der Waals surface area contributed by atoms with E-state index in [4.69, 9.17) is 0 Å². The third-order valence-electron chi connectivity index (χ3n) is 3.96. The van der Waals surface area contributed by atoms with Gasteiger partial charge in [-0.15, -0.1) is 11.3 Å². The van der Waals surface area contributed by atoms with Gasteiger partial charge in [0.05, 0.1) is 0 Å². The number of benzene rings is 1. The minimum atomic E-state index is 0.353. The zero-order valence-corrected chi connectivity index (χ0v) is 10.8. The highest BCUT2D eigenvalue weighted by atomic mass is 32.1. The first-order chi connectivity index (χ1) is 8.78. The standard InChI is InChI=1S/C15H15NOS/c17-13-3-4-14-10(7-13)8-15(18-14)9-5-11-1-2-12(6-9)16-11/h3-5,7-8,11-12,16-17H,1-2,6H2. The molecule has 2 atom stereocenters. The first kappa shape index (κ1) is 10.6. The molecule has 2 aromatic rings.